The molecule has 0 aliphatic rings. The summed E-state index contributed by atoms with van der Waals surface area (Å²) in [6.45, 7) is 10.1. The molecule has 0 aliphatic heterocycles. The fourth-order valence-electron chi connectivity index (χ4n) is 2.20. The predicted molar refractivity (Wildman–Crippen MR) is 82.4 cm³/mol. The van der Waals surface area contributed by atoms with Crippen LogP contribution in [-0.4, -0.2) is 24.3 Å². The summed E-state index contributed by atoms with van der Waals surface area (Å²) < 4.78 is 0. The predicted octanol–water partition coefficient (Wildman–Crippen LogP) is 3.17. The molecule has 1 rings (SSSR count). The Balaban J connectivity index is 2.50. The van der Waals surface area contributed by atoms with Gasteiger partial charge in [-0.15, -0.1) is 0 Å². The fourth-order valence-corrected chi connectivity index (χ4v) is 2.20. The topological polar surface area (TPSA) is 32.3 Å². The minimum absolute atomic E-state index is 0.285. The van der Waals surface area contributed by atoms with Gasteiger partial charge in [-0.1, -0.05) is 50.6 Å². The number of nitrogens with one attached hydrogen (secondary N) is 1. The van der Waals surface area contributed by atoms with Crippen molar-refractivity contribution < 1.29 is 5.11 Å². The van der Waals surface area contributed by atoms with Gasteiger partial charge in [-0.05, 0) is 43.7 Å². The summed E-state index contributed by atoms with van der Waals surface area (Å²) >= 11 is 0. The molecule has 0 amide bonds. The highest BCUT2D eigenvalue weighted by atomic mass is 16.3. The van der Waals surface area contributed by atoms with Crippen molar-refractivity contribution in [1.29, 1.82) is 0 Å². The van der Waals surface area contributed by atoms with Gasteiger partial charge in [0.05, 0.1) is 0 Å². The van der Waals surface area contributed by atoms with Gasteiger partial charge in [0.25, 0.3) is 0 Å². The lowest BCUT2D eigenvalue weighted by molar-refractivity contribution is 0.254. The third-order valence-electron chi connectivity index (χ3n) is 3.73. The van der Waals surface area contributed by atoms with Crippen LogP contribution in [0.3, 0.4) is 0 Å². The first-order chi connectivity index (χ1) is 9.02. The van der Waals surface area contributed by atoms with Gasteiger partial charge in [-0.2, -0.15) is 0 Å². The molecule has 0 saturated heterocycles. The fraction of sp³-hybridized carbons (Fsp3) is 0.647. The lowest BCUT2D eigenvalue weighted by Gasteiger charge is -2.24. The van der Waals surface area contributed by atoms with Gasteiger partial charge in [0.15, 0.2) is 0 Å². The summed E-state index contributed by atoms with van der Waals surface area (Å²) in [5.41, 5.74) is 2.71. The Kier molecular flexibility index (Phi) is 7.11. The van der Waals surface area contributed by atoms with E-state index < -0.39 is 0 Å². The Bertz CT molecular complexity index is 345. The van der Waals surface area contributed by atoms with E-state index in [4.69, 9.17) is 5.11 Å². The molecule has 0 fully saturated rings. The summed E-state index contributed by atoms with van der Waals surface area (Å²) in [6, 6.07) is 9.32. The van der Waals surface area contributed by atoms with Crippen molar-refractivity contribution in [1.82, 2.24) is 5.32 Å². The van der Waals surface area contributed by atoms with Crippen molar-refractivity contribution in [3.8, 4) is 0 Å². The maximum Gasteiger partial charge on any atom is 0.0434 e. The van der Waals surface area contributed by atoms with E-state index in [9.17, 15) is 0 Å². The molecule has 0 spiro atoms. The Hall–Kier alpha value is -0.860. The third-order valence-corrected chi connectivity index (χ3v) is 3.73. The second-order valence-corrected chi connectivity index (χ2v) is 6.07. The average molecular weight is 263 g/mol. The Labute approximate surface area is 118 Å². The first-order valence-corrected chi connectivity index (χ1v) is 7.42. The van der Waals surface area contributed by atoms with Crippen molar-refractivity contribution in [2.75, 3.05) is 13.2 Å². The first-order valence-electron chi connectivity index (χ1n) is 7.42. The van der Waals surface area contributed by atoms with Crippen LogP contribution in [0.1, 0.15) is 38.3 Å². The maximum absolute atomic E-state index is 8.94. The molecule has 0 bridgehead atoms. The van der Waals surface area contributed by atoms with Gasteiger partial charge in [-0.25, -0.2) is 0 Å². The molecule has 1 aromatic rings. The van der Waals surface area contributed by atoms with E-state index in [2.05, 4.69) is 57.3 Å². The van der Waals surface area contributed by atoms with E-state index in [1.54, 1.807) is 0 Å². The number of aliphatic hydroxyl groups is 1. The molecule has 2 N–H and O–H groups in total. The van der Waals surface area contributed by atoms with Gasteiger partial charge in [0, 0.05) is 12.6 Å². The number of rotatable bonds is 8. The second kappa shape index (κ2) is 8.34. The van der Waals surface area contributed by atoms with Crippen LogP contribution in [0.2, 0.25) is 0 Å². The van der Waals surface area contributed by atoms with Crippen LogP contribution >= 0.6 is 0 Å². The highest BCUT2D eigenvalue weighted by Crippen LogP contribution is 2.12. The van der Waals surface area contributed by atoms with E-state index >= 15 is 0 Å². The number of hydrogen-bond acceptors (Lipinski definition) is 2. The molecule has 2 heteroatoms. The standard InChI is InChI=1S/C17H29NO/c1-13(2)17(18-12-15(4)9-10-19)11-16-7-5-14(3)6-8-16/h5-8,13,15,17-19H,9-12H2,1-4H3. The van der Waals surface area contributed by atoms with Gasteiger partial charge < -0.3 is 10.4 Å². The largest absolute Gasteiger partial charge is 0.396 e. The number of aryl methyl sites for hydroxylation is 1. The Morgan fingerprint density at radius 2 is 1.74 bits per heavy atom. The summed E-state index contributed by atoms with van der Waals surface area (Å²) in [6.07, 6.45) is 1.95. The molecular formula is C17H29NO. The first kappa shape index (κ1) is 16.2. The molecule has 0 aliphatic carbocycles. The lowest BCUT2D eigenvalue weighted by Crippen LogP contribution is -2.38. The zero-order valence-corrected chi connectivity index (χ0v) is 12.8. The molecule has 0 aromatic heterocycles. The minimum Gasteiger partial charge on any atom is -0.396 e. The molecule has 2 atom stereocenters. The third kappa shape index (κ3) is 6.22. The quantitative estimate of drug-likeness (QED) is 0.755. The van der Waals surface area contributed by atoms with Crippen LogP contribution < -0.4 is 5.32 Å². The van der Waals surface area contributed by atoms with E-state index in [1.165, 1.54) is 11.1 Å². The molecule has 19 heavy (non-hydrogen) atoms. The molecule has 0 heterocycles. The Morgan fingerprint density at radius 1 is 1.11 bits per heavy atom. The molecule has 2 nitrogen and oxygen atoms in total. The summed E-state index contributed by atoms with van der Waals surface area (Å²) in [7, 11) is 0. The zero-order chi connectivity index (χ0) is 14.3. The van der Waals surface area contributed by atoms with Crippen LogP contribution in [0.5, 0.6) is 0 Å². The number of benzene rings is 1. The van der Waals surface area contributed by atoms with Crippen LogP contribution in [0, 0.1) is 18.8 Å². The second-order valence-electron chi connectivity index (χ2n) is 6.07. The smallest absolute Gasteiger partial charge is 0.0434 e. The lowest BCUT2D eigenvalue weighted by atomic mass is 9.95. The van der Waals surface area contributed by atoms with Crippen LogP contribution in [-0.2, 0) is 6.42 Å². The molecule has 1 aromatic carbocycles. The summed E-state index contributed by atoms with van der Waals surface area (Å²) in [5, 5.41) is 12.6. The highest BCUT2D eigenvalue weighted by molar-refractivity contribution is 5.22. The van der Waals surface area contributed by atoms with Crippen molar-refractivity contribution in [2.45, 2.75) is 46.6 Å². The summed E-state index contributed by atoms with van der Waals surface area (Å²) in [5.74, 6) is 1.15. The van der Waals surface area contributed by atoms with E-state index in [0.717, 1.165) is 19.4 Å². The highest BCUT2D eigenvalue weighted by Gasteiger charge is 2.14. The molecule has 0 radical (unpaired) electrons. The molecule has 0 saturated carbocycles. The average Bonchev–Trinajstić information content (AvgIpc) is 2.36. The summed E-state index contributed by atoms with van der Waals surface area (Å²) in [4.78, 5) is 0. The molecule has 2 unspecified atom stereocenters. The Morgan fingerprint density at radius 3 is 2.26 bits per heavy atom. The normalized spacial score (nSPS) is 14.6. The van der Waals surface area contributed by atoms with Crippen molar-refractivity contribution in [3.63, 3.8) is 0 Å². The number of aliphatic hydroxyl groups excluding tert-OH is 1. The van der Waals surface area contributed by atoms with Crippen molar-refractivity contribution in [3.05, 3.63) is 35.4 Å². The van der Waals surface area contributed by atoms with Gasteiger partial charge in [0.1, 0.15) is 0 Å². The van der Waals surface area contributed by atoms with Crippen LogP contribution in [0.4, 0.5) is 0 Å². The SMILES string of the molecule is Cc1ccc(CC(NCC(C)CCO)C(C)C)cc1. The van der Waals surface area contributed by atoms with Crippen molar-refractivity contribution in [2.24, 2.45) is 11.8 Å². The van der Waals surface area contributed by atoms with Gasteiger partial charge in [0.2, 0.25) is 0 Å². The molecular weight excluding hydrogens is 234 g/mol. The maximum atomic E-state index is 8.94. The van der Waals surface area contributed by atoms with Crippen LogP contribution in [0.25, 0.3) is 0 Å². The van der Waals surface area contributed by atoms with E-state index in [0.29, 0.717) is 17.9 Å². The van der Waals surface area contributed by atoms with Crippen molar-refractivity contribution >= 4 is 0 Å². The van der Waals surface area contributed by atoms with E-state index in [1.807, 2.05) is 0 Å². The zero-order valence-electron chi connectivity index (χ0n) is 12.8. The van der Waals surface area contributed by atoms with E-state index in [-0.39, 0.29) is 6.61 Å². The van der Waals surface area contributed by atoms with Gasteiger partial charge >= 0.3 is 0 Å². The van der Waals surface area contributed by atoms with Gasteiger partial charge in [-0.3, -0.25) is 0 Å². The number of hydrogen-bond donors (Lipinski definition) is 2. The molecule has 108 valence electrons. The van der Waals surface area contributed by atoms with Crippen LogP contribution in [0.15, 0.2) is 24.3 Å². The minimum atomic E-state index is 0.285. The monoisotopic (exact) mass is 263 g/mol.